The third-order valence-corrected chi connectivity index (χ3v) is 4.86. The summed E-state index contributed by atoms with van der Waals surface area (Å²) in [5, 5.41) is 0. The first-order valence-corrected chi connectivity index (χ1v) is 9.59. The molecule has 0 radical (unpaired) electrons. The number of fused-ring (bicyclic) bond motifs is 2. The van der Waals surface area contributed by atoms with Gasteiger partial charge >= 0.3 is 5.97 Å². The third-order valence-electron chi connectivity index (χ3n) is 4.86. The predicted octanol–water partition coefficient (Wildman–Crippen LogP) is 2.54. The van der Waals surface area contributed by atoms with Crippen LogP contribution in [0.25, 0.3) is 11.0 Å². The Bertz CT molecular complexity index is 1210. The maximum Gasteiger partial charge on any atom is 0.338 e. The molecule has 1 aliphatic rings. The highest BCUT2D eigenvalue weighted by Crippen LogP contribution is 2.30. The van der Waals surface area contributed by atoms with Gasteiger partial charge in [-0.25, -0.2) is 9.78 Å². The highest BCUT2D eigenvalue weighted by atomic mass is 16.6. The van der Waals surface area contributed by atoms with Crippen molar-refractivity contribution in [3.05, 3.63) is 63.6 Å². The molecule has 30 heavy (non-hydrogen) atoms. The summed E-state index contributed by atoms with van der Waals surface area (Å²) < 4.78 is 17.7. The number of carbonyl (C=O) groups is 2. The van der Waals surface area contributed by atoms with Gasteiger partial charge in [0.25, 0.3) is 5.56 Å². The van der Waals surface area contributed by atoms with Crippen LogP contribution in [0.2, 0.25) is 0 Å². The van der Waals surface area contributed by atoms with Gasteiger partial charge in [-0.05, 0) is 50.2 Å². The Morgan fingerprint density at radius 2 is 1.80 bits per heavy atom. The minimum atomic E-state index is -0.642. The van der Waals surface area contributed by atoms with Crippen LogP contribution in [-0.4, -0.2) is 41.1 Å². The topological polar surface area (TPSA) is 96.7 Å². The van der Waals surface area contributed by atoms with Crippen molar-refractivity contribution in [2.75, 3.05) is 19.8 Å². The molecule has 2 heterocycles. The van der Waals surface area contributed by atoms with Gasteiger partial charge in [0, 0.05) is 12.1 Å². The van der Waals surface area contributed by atoms with Crippen LogP contribution in [0.5, 0.6) is 11.5 Å². The summed E-state index contributed by atoms with van der Waals surface area (Å²) >= 11 is 0. The molecule has 8 heteroatoms. The number of aryl methyl sites for hydroxylation is 2. The van der Waals surface area contributed by atoms with E-state index in [1.54, 1.807) is 47.9 Å². The Morgan fingerprint density at radius 1 is 1.07 bits per heavy atom. The summed E-state index contributed by atoms with van der Waals surface area (Å²) in [6.45, 7) is 4.47. The second-order valence-corrected chi connectivity index (χ2v) is 6.81. The SMILES string of the molecule is CCn1c(=O)c(C)nc2cc(C(=O)OCC(=O)c3ccc4c(c3)OCCO4)ccc21. The summed E-state index contributed by atoms with van der Waals surface area (Å²) in [4.78, 5) is 41.3. The number of carbonyl (C=O) groups excluding carboxylic acids is 2. The van der Waals surface area contributed by atoms with E-state index < -0.39 is 12.6 Å². The summed E-state index contributed by atoms with van der Waals surface area (Å²) in [6.07, 6.45) is 0. The zero-order chi connectivity index (χ0) is 21.3. The summed E-state index contributed by atoms with van der Waals surface area (Å²) in [5.41, 5.74) is 1.97. The Hall–Kier alpha value is -3.68. The lowest BCUT2D eigenvalue weighted by Gasteiger charge is -2.18. The summed E-state index contributed by atoms with van der Waals surface area (Å²) in [6, 6.07) is 9.63. The number of hydrogen-bond acceptors (Lipinski definition) is 7. The van der Waals surface area contributed by atoms with E-state index in [2.05, 4.69) is 4.98 Å². The van der Waals surface area contributed by atoms with E-state index in [1.807, 2.05) is 6.92 Å². The first-order valence-electron chi connectivity index (χ1n) is 9.59. The number of Topliss-reactive ketones (excluding diaryl/α,β-unsaturated/α-hetero) is 1. The Labute approximate surface area is 172 Å². The Morgan fingerprint density at radius 3 is 2.57 bits per heavy atom. The smallest absolute Gasteiger partial charge is 0.338 e. The van der Waals surface area contributed by atoms with Crippen molar-refractivity contribution in [3.63, 3.8) is 0 Å². The number of nitrogens with zero attached hydrogens (tertiary/aromatic N) is 2. The molecule has 0 saturated carbocycles. The fourth-order valence-electron chi connectivity index (χ4n) is 3.33. The molecule has 8 nitrogen and oxygen atoms in total. The molecular weight excluding hydrogens is 388 g/mol. The van der Waals surface area contributed by atoms with Gasteiger partial charge in [0.1, 0.15) is 18.9 Å². The van der Waals surface area contributed by atoms with E-state index in [0.717, 1.165) is 0 Å². The van der Waals surface area contributed by atoms with Gasteiger partial charge in [-0.15, -0.1) is 0 Å². The van der Waals surface area contributed by atoms with Gasteiger partial charge in [-0.2, -0.15) is 0 Å². The first-order chi connectivity index (χ1) is 14.5. The molecule has 0 fully saturated rings. The number of aromatic nitrogens is 2. The van der Waals surface area contributed by atoms with Crippen LogP contribution in [-0.2, 0) is 11.3 Å². The van der Waals surface area contributed by atoms with Crippen molar-refractivity contribution in [1.82, 2.24) is 9.55 Å². The lowest BCUT2D eigenvalue weighted by atomic mass is 10.1. The van der Waals surface area contributed by atoms with Crippen molar-refractivity contribution >= 4 is 22.8 Å². The molecule has 2 aromatic carbocycles. The standard InChI is InChI=1S/C22H20N2O6/c1-3-24-17-6-4-15(10-16(17)23-13(2)21(24)26)22(27)30-12-18(25)14-5-7-19-20(11-14)29-9-8-28-19/h4-7,10-11H,3,8-9,12H2,1-2H3. The fraction of sp³-hybridized carbons (Fsp3) is 0.273. The maximum atomic E-state index is 12.4. The van der Waals surface area contributed by atoms with Crippen LogP contribution in [0.4, 0.5) is 0 Å². The normalized spacial score (nSPS) is 12.6. The van der Waals surface area contributed by atoms with Crippen LogP contribution in [0, 0.1) is 6.92 Å². The molecule has 0 atom stereocenters. The van der Waals surface area contributed by atoms with Crippen LogP contribution < -0.4 is 15.0 Å². The number of hydrogen-bond donors (Lipinski definition) is 0. The minimum absolute atomic E-state index is 0.162. The minimum Gasteiger partial charge on any atom is -0.486 e. The zero-order valence-corrected chi connectivity index (χ0v) is 16.6. The van der Waals surface area contributed by atoms with Gasteiger partial charge in [-0.3, -0.25) is 9.59 Å². The van der Waals surface area contributed by atoms with Crippen molar-refractivity contribution < 1.29 is 23.8 Å². The Balaban J connectivity index is 1.50. The molecular formula is C22H20N2O6. The van der Waals surface area contributed by atoms with Gasteiger partial charge in [-0.1, -0.05) is 0 Å². The van der Waals surface area contributed by atoms with Crippen LogP contribution >= 0.6 is 0 Å². The molecule has 0 aliphatic carbocycles. The first kappa shape index (κ1) is 19.6. The number of rotatable bonds is 5. The molecule has 0 unspecified atom stereocenters. The highest BCUT2D eigenvalue weighted by Gasteiger charge is 2.17. The molecule has 1 aliphatic heterocycles. The lowest BCUT2D eigenvalue weighted by Crippen LogP contribution is -2.23. The predicted molar refractivity (Wildman–Crippen MR) is 108 cm³/mol. The zero-order valence-electron chi connectivity index (χ0n) is 16.6. The number of esters is 1. The van der Waals surface area contributed by atoms with Gasteiger partial charge in [0.15, 0.2) is 23.9 Å². The quantitative estimate of drug-likeness (QED) is 0.473. The largest absolute Gasteiger partial charge is 0.486 e. The number of ketones is 1. The van der Waals surface area contributed by atoms with Crippen molar-refractivity contribution in [2.45, 2.75) is 20.4 Å². The van der Waals surface area contributed by atoms with Crippen LogP contribution in [0.3, 0.4) is 0 Å². The van der Waals surface area contributed by atoms with Gasteiger partial charge in [0.2, 0.25) is 0 Å². The monoisotopic (exact) mass is 408 g/mol. The fourth-order valence-corrected chi connectivity index (χ4v) is 3.33. The van der Waals surface area contributed by atoms with E-state index in [9.17, 15) is 14.4 Å². The van der Waals surface area contributed by atoms with Gasteiger partial charge in [0.05, 0.1) is 16.6 Å². The average Bonchev–Trinajstić information content (AvgIpc) is 2.77. The second kappa shape index (κ2) is 7.98. The third kappa shape index (κ3) is 3.63. The Kier molecular flexibility index (Phi) is 5.22. The molecule has 1 aromatic heterocycles. The van der Waals surface area contributed by atoms with E-state index >= 15 is 0 Å². The molecule has 3 aromatic rings. The summed E-state index contributed by atoms with van der Waals surface area (Å²) in [7, 11) is 0. The average molecular weight is 408 g/mol. The molecule has 0 bridgehead atoms. The number of benzene rings is 2. The molecule has 0 spiro atoms. The molecule has 0 saturated heterocycles. The number of ether oxygens (including phenoxy) is 3. The summed E-state index contributed by atoms with van der Waals surface area (Å²) in [5.74, 6) is 0.0853. The van der Waals surface area contributed by atoms with Crippen LogP contribution in [0.1, 0.15) is 33.3 Å². The molecule has 0 N–H and O–H groups in total. The molecule has 154 valence electrons. The van der Waals surface area contributed by atoms with E-state index in [1.165, 1.54) is 0 Å². The van der Waals surface area contributed by atoms with Crippen molar-refractivity contribution in [2.24, 2.45) is 0 Å². The van der Waals surface area contributed by atoms with Crippen molar-refractivity contribution in [3.8, 4) is 11.5 Å². The maximum absolute atomic E-state index is 12.4. The van der Waals surface area contributed by atoms with E-state index in [4.69, 9.17) is 14.2 Å². The molecule has 0 amide bonds. The lowest BCUT2D eigenvalue weighted by molar-refractivity contribution is 0.0474. The second-order valence-electron chi connectivity index (χ2n) is 6.81. The van der Waals surface area contributed by atoms with E-state index in [-0.39, 0.29) is 16.9 Å². The van der Waals surface area contributed by atoms with Crippen molar-refractivity contribution in [1.29, 1.82) is 0 Å². The van der Waals surface area contributed by atoms with Crippen LogP contribution in [0.15, 0.2) is 41.2 Å². The van der Waals surface area contributed by atoms with Gasteiger partial charge < -0.3 is 18.8 Å². The van der Waals surface area contributed by atoms with E-state index in [0.29, 0.717) is 53.5 Å². The highest BCUT2D eigenvalue weighted by molar-refractivity contribution is 6.00. The molecule has 4 rings (SSSR count).